The summed E-state index contributed by atoms with van der Waals surface area (Å²) in [5.41, 5.74) is 1.85. The highest BCUT2D eigenvalue weighted by molar-refractivity contribution is 7.18. The number of carbonyl (C=O) groups excluding carboxylic acids is 1. The Balaban J connectivity index is 2.02. The molecule has 0 aliphatic rings. The third-order valence-electron chi connectivity index (χ3n) is 3.65. The molecule has 1 amide bonds. The maximum absolute atomic E-state index is 12.6. The Morgan fingerprint density at radius 3 is 2.12 bits per heavy atom. The molecule has 1 aromatic heterocycles. The number of carboxylic acids is 1. The molecule has 0 unspecified atom stereocenters. The van der Waals surface area contributed by atoms with Gasteiger partial charge in [-0.15, -0.1) is 11.3 Å². The summed E-state index contributed by atoms with van der Waals surface area (Å²) in [4.78, 5) is 26.6. The molecule has 0 atom stereocenters. The van der Waals surface area contributed by atoms with Crippen molar-refractivity contribution in [2.24, 2.45) is 0 Å². The van der Waals surface area contributed by atoms with Crippen LogP contribution in [-0.4, -0.2) is 24.0 Å². The number of anilines is 1. The second-order valence-electron chi connectivity index (χ2n) is 5.23. The maximum atomic E-state index is 12.6. The van der Waals surface area contributed by atoms with Gasteiger partial charge in [-0.25, -0.2) is 4.79 Å². The van der Waals surface area contributed by atoms with E-state index in [1.165, 1.54) is 16.2 Å². The lowest BCUT2D eigenvalue weighted by Crippen LogP contribution is -2.27. The number of carbonyl (C=O) groups is 2. The van der Waals surface area contributed by atoms with Gasteiger partial charge in [-0.2, -0.15) is 0 Å². The lowest BCUT2D eigenvalue weighted by atomic mass is 10.1. The van der Waals surface area contributed by atoms with Crippen LogP contribution in [0.5, 0.6) is 0 Å². The molecule has 1 N–H and O–H groups in total. The van der Waals surface area contributed by atoms with Crippen molar-refractivity contribution in [3.05, 3.63) is 77.2 Å². The van der Waals surface area contributed by atoms with Gasteiger partial charge in [0.15, 0.2) is 0 Å². The fraction of sp³-hybridized carbons (Fsp3) is 0.0526. The van der Waals surface area contributed by atoms with E-state index in [9.17, 15) is 14.7 Å². The molecule has 0 saturated carbocycles. The van der Waals surface area contributed by atoms with Gasteiger partial charge >= 0.3 is 5.97 Å². The Hall–Kier alpha value is -2.92. The van der Waals surface area contributed by atoms with Crippen molar-refractivity contribution in [2.45, 2.75) is 0 Å². The van der Waals surface area contributed by atoms with E-state index in [1.807, 2.05) is 36.4 Å². The third kappa shape index (κ3) is 3.07. The minimum Gasteiger partial charge on any atom is -0.477 e. The zero-order chi connectivity index (χ0) is 17.1. The van der Waals surface area contributed by atoms with E-state index in [-0.39, 0.29) is 10.8 Å². The number of carboxylic acid groups (broad SMARTS) is 1. The smallest absolute Gasteiger partial charge is 0.348 e. The van der Waals surface area contributed by atoms with Crippen LogP contribution < -0.4 is 4.90 Å². The van der Waals surface area contributed by atoms with E-state index in [4.69, 9.17) is 0 Å². The molecule has 0 bridgehead atoms. The van der Waals surface area contributed by atoms with Crippen LogP contribution in [0.25, 0.3) is 10.4 Å². The summed E-state index contributed by atoms with van der Waals surface area (Å²) in [5, 5.41) is 9.50. The first-order valence-electron chi connectivity index (χ1n) is 7.33. The molecule has 0 aliphatic heterocycles. The summed E-state index contributed by atoms with van der Waals surface area (Å²) in [7, 11) is 1.60. The van der Waals surface area contributed by atoms with Crippen molar-refractivity contribution in [1.29, 1.82) is 0 Å². The van der Waals surface area contributed by atoms with Crippen molar-refractivity contribution in [1.82, 2.24) is 0 Å². The van der Waals surface area contributed by atoms with Crippen molar-refractivity contribution in [2.75, 3.05) is 11.9 Å². The van der Waals surface area contributed by atoms with Crippen molar-refractivity contribution < 1.29 is 14.7 Å². The molecule has 120 valence electrons. The number of benzene rings is 2. The van der Waals surface area contributed by atoms with Gasteiger partial charge in [0.2, 0.25) is 0 Å². The average molecular weight is 337 g/mol. The summed E-state index contributed by atoms with van der Waals surface area (Å²) in [6, 6.07) is 20.1. The Morgan fingerprint density at radius 1 is 0.958 bits per heavy atom. The van der Waals surface area contributed by atoms with Crippen molar-refractivity contribution in [3.8, 4) is 10.4 Å². The molecule has 3 aromatic rings. The molecule has 0 fully saturated rings. The Bertz CT molecular complexity index is 872. The van der Waals surface area contributed by atoms with Crippen LogP contribution in [0.2, 0.25) is 0 Å². The summed E-state index contributed by atoms with van der Waals surface area (Å²) in [6.07, 6.45) is 0. The zero-order valence-corrected chi connectivity index (χ0v) is 13.8. The fourth-order valence-corrected chi connectivity index (χ4v) is 3.44. The van der Waals surface area contributed by atoms with Crippen molar-refractivity contribution >= 4 is 28.9 Å². The highest BCUT2D eigenvalue weighted by Gasteiger charge is 2.23. The van der Waals surface area contributed by atoms with Gasteiger partial charge in [-0.3, -0.25) is 4.79 Å². The topological polar surface area (TPSA) is 57.6 Å². The van der Waals surface area contributed by atoms with Gasteiger partial charge in [-0.1, -0.05) is 48.5 Å². The third-order valence-corrected chi connectivity index (χ3v) is 4.81. The Morgan fingerprint density at radius 2 is 1.54 bits per heavy atom. The predicted molar refractivity (Wildman–Crippen MR) is 95.9 cm³/mol. The van der Waals surface area contributed by atoms with E-state index in [2.05, 4.69) is 0 Å². The quantitative estimate of drug-likeness (QED) is 0.768. The maximum Gasteiger partial charge on any atom is 0.348 e. The molecule has 0 radical (unpaired) electrons. The summed E-state index contributed by atoms with van der Waals surface area (Å²) in [5.74, 6) is -1.28. The van der Waals surface area contributed by atoms with Crippen LogP contribution in [0.3, 0.4) is 0 Å². The van der Waals surface area contributed by atoms with Gasteiger partial charge in [-0.05, 0) is 23.8 Å². The number of aromatic carboxylic acids is 1. The van der Waals surface area contributed by atoms with E-state index in [0.29, 0.717) is 11.3 Å². The SMILES string of the molecule is CN(C(=O)c1ccccc1)c1cc(-c2ccccc2)sc1C(=O)O. The molecule has 3 rings (SSSR count). The molecule has 0 spiro atoms. The van der Waals surface area contributed by atoms with Gasteiger partial charge in [0, 0.05) is 17.5 Å². The average Bonchev–Trinajstić information content (AvgIpc) is 3.07. The highest BCUT2D eigenvalue weighted by Crippen LogP contribution is 2.36. The minimum absolute atomic E-state index is 0.153. The predicted octanol–water partition coefficient (Wildman–Crippen LogP) is 4.39. The molecule has 0 aliphatic carbocycles. The highest BCUT2D eigenvalue weighted by atomic mass is 32.1. The summed E-state index contributed by atoms with van der Waals surface area (Å²) >= 11 is 1.17. The van der Waals surface area contributed by atoms with Crippen LogP contribution in [-0.2, 0) is 0 Å². The molecular weight excluding hydrogens is 322 g/mol. The first-order chi connectivity index (χ1) is 11.6. The normalized spacial score (nSPS) is 10.4. The van der Waals surface area contributed by atoms with Crippen LogP contribution in [0.4, 0.5) is 5.69 Å². The van der Waals surface area contributed by atoms with E-state index >= 15 is 0 Å². The second kappa shape index (κ2) is 6.68. The van der Waals surface area contributed by atoms with Crippen LogP contribution in [0, 0.1) is 0 Å². The van der Waals surface area contributed by atoms with Crippen molar-refractivity contribution in [3.63, 3.8) is 0 Å². The molecule has 0 saturated heterocycles. The van der Waals surface area contributed by atoms with Gasteiger partial charge in [0.25, 0.3) is 5.91 Å². The van der Waals surface area contributed by atoms with Gasteiger partial charge in [0.1, 0.15) is 4.88 Å². The Labute approximate surface area is 143 Å². The van der Waals surface area contributed by atoms with Crippen LogP contribution in [0.15, 0.2) is 66.7 Å². The standard InChI is InChI=1S/C19H15NO3S/c1-20(18(21)14-10-6-3-7-11-14)15-12-16(24-17(15)19(22)23)13-8-4-2-5-9-13/h2-12H,1H3,(H,22,23). The lowest BCUT2D eigenvalue weighted by molar-refractivity contribution is 0.0703. The number of amides is 1. The molecule has 1 heterocycles. The Kier molecular flexibility index (Phi) is 4.44. The first kappa shape index (κ1) is 16.0. The van der Waals surface area contributed by atoms with Crippen LogP contribution in [0.1, 0.15) is 20.0 Å². The minimum atomic E-state index is -1.04. The van der Waals surface area contributed by atoms with E-state index < -0.39 is 5.97 Å². The van der Waals surface area contributed by atoms with E-state index in [0.717, 1.165) is 10.4 Å². The molecule has 2 aromatic carbocycles. The van der Waals surface area contributed by atoms with Gasteiger partial charge < -0.3 is 10.0 Å². The molecule has 24 heavy (non-hydrogen) atoms. The fourth-order valence-electron chi connectivity index (χ4n) is 2.41. The van der Waals surface area contributed by atoms with E-state index in [1.54, 1.807) is 37.4 Å². The monoisotopic (exact) mass is 337 g/mol. The number of nitrogens with zero attached hydrogens (tertiary/aromatic N) is 1. The second-order valence-corrected chi connectivity index (χ2v) is 6.28. The largest absolute Gasteiger partial charge is 0.477 e. The summed E-state index contributed by atoms with van der Waals surface area (Å²) in [6.45, 7) is 0. The summed E-state index contributed by atoms with van der Waals surface area (Å²) < 4.78 is 0. The number of thiophene rings is 1. The molecule has 4 nitrogen and oxygen atoms in total. The first-order valence-corrected chi connectivity index (χ1v) is 8.15. The number of hydrogen-bond donors (Lipinski definition) is 1. The lowest BCUT2D eigenvalue weighted by Gasteiger charge is -2.16. The van der Waals surface area contributed by atoms with Crippen LogP contribution >= 0.6 is 11.3 Å². The number of rotatable bonds is 4. The number of hydrogen-bond acceptors (Lipinski definition) is 3. The van der Waals surface area contributed by atoms with Gasteiger partial charge in [0.05, 0.1) is 5.69 Å². The molecular formula is C19H15NO3S. The molecule has 5 heteroatoms. The zero-order valence-electron chi connectivity index (χ0n) is 13.0.